The average molecular weight is 304 g/mol. The van der Waals surface area contributed by atoms with Crippen molar-refractivity contribution in [3.8, 4) is 10.6 Å². The van der Waals surface area contributed by atoms with Crippen LogP contribution >= 0.6 is 23.1 Å². The number of hydrogen-bond acceptors (Lipinski definition) is 4. The van der Waals surface area contributed by atoms with E-state index in [4.69, 9.17) is 4.98 Å². The molecule has 0 aliphatic heterocycles. The molecule has 1 aliphatic rings. The number of nitrogens with zero attached hydrogens (tertiary/aromatic N) is 1. The fourth-order valence-electron chi connectivity index (χ4n) is 2.68. The molecule has 106 valence electrons. The van der Waals surface area contributed by atoms with E-state index in [1.54, 1.807) is 0 Å². The van der Waals surface area contributed by atoms with Crippen LogP contribution in [0.3, 0.4) is 0 Å². The molecule has 3 rings (SSSR count). The molecule has 0 radical (unpaired) electrons. The molecule has 0 amide bonds. The number of aryl methyl sites for hydroxylation is 1. The summed E-state index contributed by atoms with van der Waals surface area (Å²) in [5, 5.41) is 4.59. The predicted molar refractivity (Wildman–Crippen MR) is 88.7 cm³/mol. The van der Waals surface area contributed by atoms with Gasteiger partial charge in [0.15, 0.2) is 0 Å². The maximum Gasteiger partial charge on any atom is 0.123 e. The van der Waals surface area contributed by atoms with E-state index >= 15 is 0 Å². The molecule has 0 saturated heterocycles. The van der Waals surface area contributed by atoms with Gasteiger partial charge in [0, 0.05) is 21.4 Å². The molecule has 1 N–H and O–H groups in total. The lowest BCUT2D eigenvalue weighted by Crippen LogP contribution is -2.19. The van der Waals surface area contributed by atoms with Crippen LogP contribution in [0.2, 0.25) is 0 Å². The van der Waals surface area contributed by atoms with Gasteiger partial charge in [-0.15, -0.1) is 23.1 Å². The Hall–Kier alpha value is -0.840. The molecule has 0 saturated carbocycles. The lowest BCUT2D eigenvalue weighted by atomic mass is 9.98. The van der Waals surface area contributed by atoms with E-state index in [1.807, 2.05) is 23.1 Å². The van der Waals surface area contributed by atoms with Gasteiger partial charge in [-0.1, -0.05) is 19.1 Å². The van der Waals surface area contributed by atoms with E-state index in [0.717, 1.165) is 12.2 Å². The summed E-state index contributed by atoms with van der Waals surface area (Å²) >= 11 is 3.74. The van der Waals surface area contributed by atoms with Crippen LogP contribution in [0.25, 0.3) is 10.6 Å². The number of thiazole rings is 1. The summed E-state index contributed by atoms with van der Waals surface area (Å²) in [6, 6.07) is 9.33. The summed E-state index contributed by atoms with van der Waals surface area (Å²) in [5.41, 5.74) is 2.56. The zero-order chi connectivity index (χ0) is 13.9. The highest BCUT2D eigenvalue weighted by Crippen LogP contribution is 2.38. The SMILES string of the molecule is CCSc1ccc(-c2nc3c(s2)C(NC)CCC3)cc1. The molecule has 1 aromatic heterocycles. The first kappa shape index (κ1) is 14.1. The van der Waals surface area contributed by atoms with Crippen LogP contribution in [-0.2, 0) is 6.42 Å². The maximum absolute atomic E-state index is 4.87. The number of thioether (sulfide) groups is 1. The van der Waals surface area contributed by atoms with E-state index in [0.29, 0.717) is 6.04 Å². The molecule has 1 heterocycles. The summed E-state index contributed by atoms with van der Waals surface area (Å²) in [6.45, 7) is 2.19. The van der Waals surface area contributed by atoms with Gasteiger partial charge in [-0.25, -0.2) is 4.98 Å². The van der Waals surface area contributed by atoms with Gasteiger partial charge in [0.05, 0.1) is 5.69 Å². The van der Waals surface area contributed by atoms with Crippen molar-refractivity contribution in [2.75, 3.05) is 12.8 Å². The number of hydrogen-bond donors (Lipinski definition) is 1. The molecular formula is C16H20N2S2. The first-order valence-corrected chi connectivity index (χ1v) is 9.02. The Morgan fingerprint density at radius 2 is 2.15 bits per heavy atom. The largest absolute Gasteiger partial charge is 0.312 e. The topological polar surface area (TPSA) is 24.9 Å². The lowest BCUT2D eigenvalue weighted by molar-refractivity contribution is 0.501. The second-order valence-electron chi connectivity index (χ2n) is 5.02. The van der Waals surface area contributed by atoms with E-state index in [1.165, 1.54) is 38.9 Å². The van der Waals surface area contributed by atoms with Crippen LogP contribution in [0.15, 0.2) is 29.2 Å². The van der Waals surface area contributed by atoms with Crippen molar-refractivity contribution < 1.29 is 0 Å². The number of rotatable bonds is 4. The highest BCUT2D eigenvalue weighted by atomic mass is 32.2. The van der Waals surface area contributed by atoms with Crippen molar-refractivity contribution in [2.24, 2.45) is 0 Å². The predicted octanol–water partition coefficient (Wildman–Crippen LogP) is 4.52. The third kappa shape index (κ3) is 2.78. The number of benzene rings is 1. The fourth-order valence-corrected chi connectivity index (χ4v) is 4.60. The molecule has 0 spiro atoms. The third-order valence-electron chi connectivity index (χ3n) is 3.71. The Kier molecular flexibility index (Phi) is 4.44. The van der Waals surface area contributed by atoms with Crippen LogP contribution < -0.4 is 5.32 Å². The van der Waals surface area contributed by atoms with Gasteiger partial charge >= 0.3 is 0 Å². The second-order valence-corrected chi connectivity index (χ2v) is 7.39. The Labute approximate surface area is 129 Å². The monoisotopic (exact) mass is 304 g/mol. The van der Waals surface area contributed by atoms with Crippen LogP contribution in [0.4, 0.5) is 0 Å². The first-order chi connectivity index (χ1) is 9.81. The normalized spacial score (nSPS) is 18.0. The Morgan fingerprint density at radius 3 is 2.85 bits per heavy atom. The van der Waals surface area contributed by atoms with Crippen molar-refractivity contribution in [3.63, 3.8) is 0 Å². The van der Waals surface area contributed by atoms with Gasteiger partial charge in [-0.3, -0.25) is 0 Å². The minimum Gasteiger partial charge on any atom is -0.312 e. The molecule has 2 nitrogen and oxygen atoms in total. The smallest absolute Gasteiger partial charge is 0.123 e. The van der Waals surface area contributed by atoms with Gasteiger partial charge in [0.1, 0.15) is 5.01 Å². The Balaban J connectivity index is 1.89. The molecule has 2 aromatic rings. The molecule has 1 unspecified atom stereocenters. The highest BCUT2D eigenvalue weighted by Gasteiger charge is 2.23. The van der Waals surface area contributed by atoms with Crippen LogP contribution in [0.1, 0.15) is 36.4 Å². The molecule has 1 aromatic carbocycles. The fraction of sp³-hybridized carbons (Fsp3) is 0.438. The summed E-state index contributed by atoms with van der Waals surface area (Å²) in [4.78, 5) is 7.65. The van der Waals surface area contributed by atoms with Gasteiger partial charge in [0.2, 0.25) is 0 Å². The van der Waals surface area contributed by atoms with E-state index in [9.17, 15) is 0 Å². The number of aromatic nitrogens is 1. The summed E-state index contributed by atoms with van der Waals surface area (Å²) in [6.07, 6.45) is 3.61. The van der Waals surface area contributed by atoms with Crippen LogP contribution in [0.5, 0.6) is 0 Å². The van der Waals surface area contributed by atoms with Crippen molar-refractivity contribution in [3.05, 3.63) is 34.8 Å². The van der Waals surface area contributed by atoms with Crippen LogP contribution in [-0.4, -0.2) is 17.8 Å². The third-order valence-corrected chi connectivity index (χ3v) is 5.87. The molecule has 4 heteroatoms. The second kappa shape index (κ2) is 6.29. The van der Waals surface area contributed by atoms with Crippen molar-refractivity contribution in [1.29, 1.82) is 0 Å². The standard InChI is InChI=1S/C16H20N2S2/c1-3-19-12-9-7-11(8-10-12)16-18-14-6-4-5-13(17-2)15(14)20-16/h7-10,13,17H,3-6H2,1-2H3. The molecular weight excluding hydrogens is 284 g/mol. The minimum atomic E-state index is 0.500. The van der Waals surface area contributed by atoms with E-state index in [2.05, 4.69) is 43.6 Å². The highest BCUT2D eigenvalue weighted by molar-refractivity contribution is 7.99. The van der Waals surface area contributed by atoms with Gasteiger partial charge in [0.25, 0.3) is 0 Å². The summed E-state index contributed by atoms with van der Waals surface area (Å²) in [7, 11) is 2.05. The molecule has 0 fully saturated rings. The van der Waals surface area contributed by atoms with E-state index in [-0.39, 0.29) is 0 Å². The van der Waals surface area contributed by atoms with Gasteiger partial charge in [-0.2, -0.15) is 0 Å². The van der Waals surface area contributed by atoms with Crippen molar-refractivity contribution in [2.45, 2.75) is 37.1 Å². The Morgan fingerprint density at radius 1 is 1.35 bits per heavy atom. The van der Waals surface area contributed by atoms with Gasteiger partial charge in [-0.05, 0) is 44.2 Å². The number of nitrogens with one attached hydrogen (secondary N) is 1. The summed E-state index contributed by atoms with van der Waals surface area (Å²) in [5.74, 6) is 1.12. The quantitative estimate of drug-likeness (QED) is 0.841. The van der Waals surface area contributed by atoms with E-state index < -0.39 is 0 Å². The van der Waals surface area contributed by atoms with Gasteiger partial charge < -0.3 is 5.32 Å². The minimum absolute atomic E-state index is 0.500. The Bertz CT molecular complexity index is 575. The molecule has 1 atom stereocenters. The average Bonchev–Trinajstić information content (AvgIpc) is 2.92. The number of fused-ring (bicyclic) bond motifs is 1. The molecule has 1 aliphatic carbocycles. The van der Waals surface area contributed by atoms with Crippen molar-refractivity contribution >= 4 is 23.1 Å². The first-order valence-electron chi connectivity index (χ1n) is 7.22. The lowest BCUT2D eigenvalue weighted by Gasteiger charge is -2.19. The van der Waals surface area contributed by atoms with Crippen molar-refractivity contribution in [1.82, 2.24) is 10.3 Å². The maximum atomic E-state index is 4.87. The van der Waals surface area contributed by atoms with Crippen LogP contribution in [0, 0.1) is 0 Å². The zero-order valence-electron chi connectivity index (χ0n) is 12.0. The zero-order valence-corrected chi connectivity index (χ0v) is 13.6. The summed E-state index contributed by atoms with van der Waals surface area (Å²) < 4.78 is 0. The molecule has 20 heavy (non-hydrogen) atoms. The molecule has 0 bridgehead atoms.